The molecule has 3 nitrogen and oxygen atoms in total. The molecule has 106 valence electrons. The Labute approximate surface area is 129 Å². The lowest BCUT2D eigenvalue weighted by Crippen LogP contribution is -2.29. The molecule has 0 N–H and O–H groups in total. The Balaban J connectivity index is 2.08. The molecular formula is C16H11BrFNO2. The van der Waals surface area contributed by atoms with Crippen LogP contribution in [0, 0.1) is 12.7 Å². The van der Waals surface area contributed by atoms with E-state index in [1.807, 2.05) is 31.2 Å². The third-order valence-corrected chi connectivity index (χ3v) is 4.18. The van der Waals surface area contributed by atoms with E-state index in [-0.39, 0.29) is 12.1 Å². The lowest BCUT2D eigenvalue weighted by atomic mass is 10.1. The minimum Gasteiger partial charge on any atom is -0.299 e. The largest absolute Gasteiger partial charge is 0.299 e. The molecule has 1 aliphatic rings. The lowest BCUT2D eigenvalue weighted by molar-refractivity contribution is -0.114. The fourth-order valence-corrected chi connectivity index (χ4v) is 3.11. The number of benzene rings is 2. The summed E-state index contributed by atoms with van der Waals surface area (Å²) in [7, 11) is 0. The van der Waals surface area contributed by atoms with Gasteiger partial charge < -0.3 is 0 Å². The van der Waals surface area contributed by atoms with Crippen molar-refractivity contribution >= 4 is 33.3 Å². The standard InChI is InChI=1S/C16H11BrFNO2/c1-9-4-2-3-5-10(9)8-19-14-12(15(20)16(19)21)6-11(18)7-13(14)17/h2-7H,8H2,1H3. The number of hydrogen-bond acceptors (Lipinski definition) is 2. The summed E-state index contributed by atoms with van der Waals surface area (Å²) in [6, 6.07) is 10.0. The van der Waals surface area contributed by atoms with Gasteiger partial charge in [-0.2, -0.15) is 0 Å². The summed E-state index contributed by atoms with van der Waals surface area (Å²) in [5.74, 6) is -1.84. The molecule has 1 heterocycles. The lowest BCUT2D eigenvalue weighted by Gasteiger charge is -2.19. The van der Waals surface area contributed by atoms with Gasteiger partial charge in [0, 0.05) is 4.47 Å². The van der Waals surface area contributed by atoms with Gasteiger partial charge in [0.15, 0.2) is 0 Å². The van der Waals surface area contributed by atoms with Gasteiger partial charge in [0.1, 0.15) is 5.82 Å². The molecule has 0 aliphatic carbocycles. The number of nitrogens with zero attached hydrogens (tertiary/aromatic N) is 1. The minimum absolute atomic E-state index is 0.112. The third-order valence-electron chi connectivity index (χ3n) is 3.57. The van der Waals surface area contributed by atoms with E-state index >= 15 is 0 Å². The van der Waals surface area contributed by atoms with Gasteiger partial charge in [0.25, 0.3) is 11.7 Å². The Morgan fingerprint density at radius 2 is 1.90 bits per heavy atom. The van der Waals surface area contributed by atoms with Gasteiger partial charge >= 0.3 is 0 Å². The van der Waals surface area contributed by atoms with Crippen molar-refractivity contribution in [1.29, 1.82) is 0 Å². The van der Waals surface area contributed by atoms with Crippen molar-refractivity contribution < 1.29 is 14.0 Å². The van der Waals surface area contributed by atoms with Gasteiger partial charge in [0.2, 0.25) is 0 Å². The first-order valence-electron chi connectivity index (χ1n) is 6.39. The highest BCUT2D eigenvalue weighted by atomic mass is 79.9. The molecular weight excluding hydrogens is 337 g/mol. The highest BCUT2D eigenvalue weighted by Crippen LogP contribution is 2.38. The quantitative estimate of drug-likeness (QED) is 0.778. The Hall–Kier alpha value is -2.01. The maximum absolute atomic E-state index is 13.4. The summed E-state index contributed by atoms with van der Waals surface area (Å²) in [5, 5.41) is 0. The predicted molar refractivity (Wildman–Crippen MR) is 80.8 cm³/mol. The summed E-state index contributed by atoms with van der Waals surface area (Å²) in [5.41, 5.74) is 2.53. The van der Waals surface area contributed by atoms with E-state index in [1.165, 1.54) is 11.0 Å². The summed E-state index contributed by atoms with van der Waals surface area (Å²) in [6.45, 7) is 2.23. The number of ketones is 1. The maximum atomic E-state index is 13.4. The van der Waals surface area contributed by atoms with Crippen molar-refractivity contribution in [2.24, 2.45) is 0 Å². The summed E-state index contributed by atoms with van der Waals surface area (Å²) in [4.78, 5) is 25.6. The second-order valence-corrected chi connectivity index (χ2v) is 5.79. The van der Waals surface area contributed by atoms with Crippen LogP contribution < -0.4 is 4.90 Å². The SMILES string of the molecule is Cc1ccccc1CN1C(=O)C(=O)c2cc(F)cc(Br)c21. The van der Waals surface area contributed by atoms with Gasteiger partial charge in [0.05, 0.1) is 17.8 Å². The molecule has 21 heavy (non-hydrogen) atoms. The Morgan fingerprint density at radius 3 is 2.62 bits per heavy atom. The number of aryl methyl sites for hydroxylation is 1. The minimum atomic E-state index is -0.668. The third kappa shape index (κ3) is 2.27. The number of hydrogen-bond donors (Lipinski definition) is 0. The van der Waals surface area contributed by atoms with Crippen LogP contribution in [-0.4, -0.2) is 11.7 Å². The fraction of sp³-hybridized carbons (Fsp3) is 0.125. The molecule has 0 fully saturated rings. The highest BCUT2D eigenvalue weighted by Gasteiger charge is 2.38. The van der Waals surface area contributed by atoms with Crippen LogP contribution >= 0.6 is 15.9 Å². The zero-order valence-corrected chi connectivity index (χ0v) is 12.8. The number of carbonyl (C=O) groups excluding carboxylic acids is 2. The number of halogens is 2. The maximum Gasteiger partial charge on any atom is 0.299 e. The molecule has 2 aromatic rings. The summed E-state index contributed by atoms with van der Waals surface area (Å²) < 4.78 is 13.8. The first-order valence-corrected chi connectivity index (χ1v) is 7.18. The van der Waals surface area contributed by atoms with Crippen LogP contribution in [0.2, 0.25) is 0 Å². The number of fused-ring (bicyclic) bond motifs is 1. The normalized spacial score (nSPS) is 13.8. The van der Waals surface area contributed by atoms with Gasteiger partial charge in [-0.25, -0.2) is 4.39 Å². The topological polar surface area (TPSA) is 37.4 Å². The molecule has 5 heteroatoms. The molecule has 0 unspecified atom stereocenters. The molecule has 0 atom stereocenters. The van der Waals surface area contributed by atoms with Crippen molar-refractivity contribution in [2.45, 2.75) is 13.5 Å². The van der Waals surface area contributed by atoms with Crippen LogP contribution in [0.4, 0.5) is 10.1 Å². The summed E-state index contributed by atoms with van der Waals surface area (Å²) in [6.07, 6.45) is 0. The van der Waals surface area contributed by atoms with E-state index in [1.54, 1.807) is 0 Å². The molecule has 1 aliphatic heterocycles. The van der Waals surface area contributed by atoms with Crippen molar-refractivity contribution in [3.05, 3.63) is 63.4 Å². The second kappa shape index (κ2) is 5.07. The zero-order chi connectivity index (χ0) is 15.1. The molecule has 0 saturated heterocycles. The smallest absolute Gasteiger partial charge is 0.299 e. The van der Waals surface area contributed by atoms with Crippen molar-refractivity contribution in [2.75, 3.05) is 4.90 Å². The van der Waals surface area contributed by atoms with Crippen LogP contribution in [0.5, 0.6) is 0 Å². The average molecular weight is 348 g/mol. The molecule has 0 aromatic heterocycles. The fourth-order valence-electron chi connectivity index (χ4n) is 2.46. The average Bonchev–Trinajstić information content (AvgIpc) is 2.67. The molecule has 0 radical (unpaired) electrons. The first kappa shape index (κ1) is 13.9. The van der Waals surface area contributed by atoms with Crippen LogP contribution in [0.1, 0.15) is 21.5 Å². The van der Waals surface area contributed by atoms with E-state index < -0.39 is 17.5 Å². The van der Waals surface area contributed by atoms with Gasteiger partial charge in [-0.1, -0.05) is 24.3 Å². The molecule has 3 rings (SSSR count). The number of carbonyl (C=O) groups is 2. The Morgan fingerprint density at radius 1 is 1.19 bits per heavy atom. The van der Waals surface area contributed by atoms with Crippen LogP contribution in [-0.2, 0) is 11.3 Å². The number of Topliss-reactive ketones (excluding diaryl/α,β-unsaturated/α-hetero) is 1. The van der Waals surface area contributed by atoms with Crippen molar-refractivity contribution in [1.82, 2.24) is 0 Å². The van der Waals surface area contributed by atoms with E-state index in [0.29, 0.717) is 10.2 Å². The Kier molecular flexibility index (Phi) is 3.37. The highest BCUT2D eigenvalue weighted by molar-refractivity contribution is 9.10. The molecule has 2 aromatic carbocycles. The number of amides is 1. The van der Waals surface area contributed by atoms with E-state index in [0.717, 1.165) is 17.2 Å². The van der Waals surface area contributed by atoms with Gasteiger partial charge in [-0.05, 0) is 46.1 Å². The second-order valence-electron chi connectivity index (χ2n) is 4.93. The van der Waals surface area contributed by atoms with Crippen molar-refractivity contribution in [3.63, 3.8) is 0 Å². The van der Waals surface area contributed by atoms with Crippen LogP contribution in [0.25, 0.3) is 0 Å². The first-order chi connectivity index (χ1) is 9.99. The molecule has 0 spiro atoms. The monoisotopic (exact) mass is 347 g/mol. The molecule has 1 amide bonds. The van der Waals surface area contributed by atoms with Gasteiger partial charge in [-0.15, -0.1) is 0 Å². The Bertz CT molecular complexity index is 773. The van der Waals surface area contributed by atoms with Crippen LogP contribution in [0.3, 0.4) is 0 Å². The number of rotatable bonds is 2. The zero-order valence-electron chi connectivity index (χ0n) is 11.2. The van der Waals surface area contributed by atoms with Crippen molar-refractivity contribution in [3.8, 4) is 0 Å². The predicted octanol–water partition coefficient (Wildman–Crippen LogP) is 3.63. The van der Waals surface area contributed by atoms with Crippen LogP contribution in [0.15, 0.2) is 40.9 Å². The van der Waals surface area contributed by atoms with Gasteiger partial charge in [-0.3, -0.25) is 14.5 Å². The molecule has 0 saturated carbocycles. The van der Waals surface area contributed by atoms with E-state index in [4.69, 9.17) is 0 Å². The van der Waals surface area contributed by atoms with E-state index in [2.05, 4.69) is 15.9 Å². The molecule has 0 bridgehead atoms. The van der Waals surface area contributed by atoms with E-state index in [9.17, 15) is 14.0 Å². The summed E-state index contributed by atoms with van der Waals surface area (Å²) >= 11 is 3.24. The number of anilines is 1.